The Labute approximate surface area is 210 Å². The number of thiazole rings is 1. The van der Waals surface area contributed by atoms with Gasteiger partial charge < -0.3 is 15.1 Å². The normalized spacial score (nSPS) is 15.9. The van der Waals surface area contributed by atoms with Crippen molar-refractivity contribution in [2.75, 3.05) is 25.0 Å². The monoisotopic (exact) mass is 497 g/mol. The first-order valence-electron chi connectivity index (χ1n) is 12.2. The van der Waals surface area contributed by atoms with Crippen LogP contribution in [-0.2, 0) is 4.79 Å². The first kappa shape index (κ1) is 25.1. The Kier molecular flexibility index (Phi) is 7.12. The fraction of sp³-hybridized carbons (Fsp3) is 0.560. The fourth-order valence-corrected chi connectivity index (χ4v) is 5.02. The maximum Gasteiger partial charge on any atom is 0.272 e. The molecule has 0 aliphatic carbocycles. The van der Waals surface area contributed by atoms with Crippen LogP contribution in [0, 0.1) is 5.41 Å². The van der Waals surface area contributed by atoms with Gasteiger partial charge in [-0.05, 0) is 25.2 Å². The Morgan fingerprint density at radius 3 is 2.63 bits per heavy atom. The molecule has 1 unspecified atom stereocenters. The molecule has 1 aliphatic rings. The lowest BCUT2D eigenvalue weighted by atomic mass is 9.87. The van der Waals surface area contributed by atoms with Gasteiger partial charge in [-0.3, -0.25) is 9.59 Å². The highest BCUT2D eigenvalue weighted by atomic mass is 32.1. The number of fused-ring (bicyclic) bond motifs is 1. The summed E-state index contributed by atoms with van der Waals surface area (Å²) in [5.74, 6) is 1.15. The topological polar surface area (TPSA) is 95.7 Å². The van der Waals surface area contributed by atoms with E-state index in [0.29, 0.717) is 36.8 Å². The number of nitrogens with one attached hydrogen (secondary N) is 1. The number of anilines is 1. The molecule has 0 radical (unpaired) electrons. The largest absolute Gasteiger partial charge is 0.356 e. The van der Waals surface area contributed by atoms with Crippen LogP contribution in [0.15, 0.2) is 23.8 Å². The molecule has 4 heterocycles. The first-order chi connectivity index (χ1) is 16.6. The zero-order valence-electron chi connectivity index (χ0n) is 21.4. The van der Waals surface area contributed by atoms with E-state index in [1.807, 2.05) is 30.4 Å². The number of carbonyl (C=O) groups excluding carboxylic acids is 2. The van der Waals surface area contributed by atoms with Crippen molar-refractivity contribution in [3.05, 3.63) is 29.5 Å². The molecular weight excluding hydrogens is 462 g/mol. The van der Waals surface area contributed by atoms with Gasteiger partial charge in [-0.25, -0.2) is 14.5 Å². The summed E-state index contributed by atoms with van der Waals surface area (Å²) in [7, 11) is 2.01. The van der Waals surface area contributed by atoms with Gasteiger partial charge in [0.25, 0.3) is 5.91 Å². The van der Waals surface area contributed by atoms with Gasteiger partial charge in [0.15, 0.2) is 5.82 Å². The van der Waals surface area contributed by atoms with E-state index in [1.54, 1.807) is 28.1 Å². The summed E-state index contributed by atoms with van der Waals surface area (Å²) in [6.07, 6.45) is 5.60. The summed E-state index contributed by atoms with van der Waals surface area (Å²) in [6, 6.07) is 2.09. The molecule has 35 heavy (non-hydrogen) atoms. The molecule has 3 aromatic rings. The average Bonchev–Trinajstić information content (AvgIpc) is 3.46. The van der Waals surface area contributed by atoms with Gasteiger partial charge in [0, 0.05) is 56.3 Å². The summed E-state index contributed by atoms with van der Waals surface area (Å²) in [5, 5.41) is 9.42. The molecule has 9 nitrogen and oxygen atoms in total. The Balaban J connectivity index is 1.65. The number of amides is 2. The molecule has 0 bridgehead atoms. The van der Waals surface area contributed by atoms with Crippen molar-refractivity contribution in [3.63, 3.8) is 0 Å². The van der Waals surface area contributed by atoms with Crippen molar-refractivity contribution >= 4 is 33.8 Å². The molecule has 1 fully saturated rings. The molecule has 1 saturated heterocycles. The Morgan fingerprint density at radius 2 is 1.97 bits per heavy atom. The lowest BCUT2D eigenvalue weighted by Crippen LogP contribution is -2.46. The summed E-state index contributed by atoms with van der Waals surface area (Å²) >= 11 is 1.57. The molecule has 1 N–H and O–H groups in total. The van der Waals surface area contributed by atoms with E-state index in [-0.39, 0.29) is 29.3 Å². The van der Waals surface area contributed by atoms with E-state index in [9.17, 15) is 9.59 Å². The molecule has 4 rings (SSSR count). The second kappa shape index (κ2) is 9.93. The molecule has 0 saturated carbocycles. The predicted octanol–water partition coefficient (Wildman–Crippen LogP) is 3.85. The third-order valence-electron chi connectivity index (χ3n) is 6.97. The van der Waals surface area contributed by atoms with Crippen LogP contribution in [0.4, 0.5) is 5.82 Å². The third kappa shape index (κ3) is 5.32. The SMILES string of the molecule is CCC(=O)NC1CCN(C(=O)c2cc(N(C)C(C)C(C)(C)C)nc(-c3cnn4ccsc34)n2)CC1. The predicted molar refractivity (Wildman–Crippen MR) is 139 cm³/mol. The van der Waals surface area contributed by atoms with Gasteiger partial charge in [0.05, 0.1) is 11.8 Å². The molecule has 2 amide bonds. The standard InChI is InChI=1S/C25H35N7O2S/c1-7-21(33)27-17-8-10-31(11-9-17)23(34)19-14-20(30(6)16(2)25(3,4)5)29-22(28-19)18-15-26-32-12-13-35-24(18)32/h12-17H,7-11H2,1-6H3,(H,27,33). The molecule has 0 aromatic carbocycles. The maximum atomic E-state index is 13.6. The number of piperidine rings is 1. The second-order valence-electron chi connectivity index (χ2n) is 10.3. The molecule has 3 aromatic heterocycles. The van der Waals surface area contributed by atoms with Crippen molar-refractivity contribution in [2.45, 2.75) is 66.0 Å². The van der Waals surface area contributed by atoms with Crippen molar-refractivity contribution in [1.82, 2.24) is 29.8 Å². The van der Waals surface area contributed by atoms with Gasteiger partial charge >= 0.3 is 0 Å². The van der Waals surface area contributed by atoms with Crippen LogP contribution < -0.4 is 10.2 Å². The van der Waals surface area contributed by atoms with Crippen LogP contribution in [-0.4, -0.2) is 68.5 Å². The zero-order valence-corrected chi connectivity index (χ0v) is 22.2. The van der Waals surface area contributed by atoms with E-state index in [0.717, 1.165) is 23.2 Å². The first-order valence-corrected chi connectivity index (χ1v) is 13.1. The number of carbonyl (C=O) groups is 2. The molecule has 10 heteroatoms. The molecule has 0 spiro atoms. The van der Waals surface area contributed by atoms with Crippen LogP contribution in [0.2, 0.25) is 0 Å². The number of rotatable bonds is 6. The second-order valence-corrected chi connectivity index (χ2v) is 11.2. The van der Waals surface area contributed by atoms with Crippen LogP contribution in [0.25, 0.3) is 16.2 Å². The average molecular weight is 498 g/mol. The lowest BCUT2D eigenvalue weighted by molar-refractivity contribution is -0.121. The number of aromatic nitrogens is 4. The van der Waals surface area contributed by atoms with Gasteiger partial charge in [0.2, 0.25) is 5.91 Å². The number of likely N-dealkylation sites (tertiary alicyclic amines) is 1. The zero-order chi connectivity index (χ0) is 25.3. The Hall–Kier alpha value is -3.01. The van der Waals surface area contributed by atoms with Crippen molar-refractivity contribution in [3.8, 4) is 11.4 Å². The summed E-state index contributed by atoms with van der Waals surface area (Å²) < 4.78 is 1.80. The smallest absolute Gasteiger partial charge is 0.272 e. The molecule has 1 atom stereocenters. The van der Waals surface area contributed by atoms with Crippen LogP contribution >= 0.6 is 11.3 Å². The Bertz CT molecular complexity index is 1200. The van der Waals surface area contributed by atoms with Gasteiger partial charge in [0.1, 0.15) is 16.3 Å². The van der Waals surface area contributed by atoms with Crippen molar-refractivity contribution in [2.24, 2.45) is 5.41 Å². The van der Waals surface area contributed by atoms with Gasteiger partial charge in [-0.15, -0.1) is 11.3 Å². The minimum absolute atomic E-state index is 0.0214. The van der Waals surface area contributed by atoms with E-state index >= 15 is 0 Å². The Morgan fingerprint density at radius 1 is 1.26 bits per heavy atom. The van der Waals surface area contributed by atoms with Crippen molar-refractivity contribution < 1.29 is 9.59 Å². The van der Waals surface area contributed by atoms with Gasteiger partial charge in [-0.2, -0.15) is 5.10 Å². The quantitative estimate of drug-likeness (QED) is 0.556. The third-order valence-corrected chi connectivity index (χ3v) is 7.86. The van der Waals surface area contributed by atoms with Crippen LogP contribution in [0.5, 0.6) is 0 Å². The summed E-state index contributed by atoms with van der Waals surface area (Å²) in [5.41, 5.74) is 1.21. The highest BCUT2D eigenvalue weighted by molar-refractivity contribution is 7.16. The van der Waals surface area contributed by atoms with Crippen LogP contribution in [0.3, 0.4) is 0 Å². The molecule has 1 aliphatic heterocycles. The summed E-state index contributed by atoms with van der Waals surface area (Å²) in [4.78, 5) is 39.8. The van der Waals surface area contributed by atoms with Crippen molar-refractivity contribution in [1.29, 1.82) is 0 Å². The lowest BCUT2D eigenvalue weighted by Gasteiger charge is -2.36. The van der Waals surface area contributed by atoms with E-state index < -0.39 is 0 Å². The van der Waals surface area contributed by atoms with E-state index in [4.69, 9.17) is 9.97 Å². The number of hydrogen-bond acceptors (Lipinski definition) is 7. The minimum Gasteiger partial charge on any atom is -0.356 e. The fourth-order valence-electron chi connectivity index (χ4n) is 4.22. The highest BCUT2D eigenvalue weighted by Gasteiger charge is 2.29. The van der Waals surface area contributed by atoms with E-state index in [2.05, 4.69) is 43.0 Å². The minimum atomic E-state index is -0.110. The maximum absolute atomic E-state index is 13.6. The summed E-state index contributed by atoms with van der Waals surface area (Å²) in [6.45, 7) is 11.7. The van der Waals surface area contributed by atoms with Gasteiger partial charge in [-0.1, -0.05) is 27.7 Å². The van der Waals surface area contributed by atoms with Crippen LogP contribution in [0.1, 0.15) is 64.4 Å². The molecule has 188 valence electrons. The highest BCUT2D eigenvalue weighted by Crippen LogP contribution is 2.30. The van der Waals surface area contributed by atoms with E-state index in [1.165, 1.54) is 0 Å². The molecular formula is C25H35N7O2S. The number of nitrogens with zero attached hydrogens (tertiary/aromatic N) is 6. The number of hydrogen-bond donors (Lipinski definition) is 1.